The number of halogens is 1. The molecule has 0 aliphatic carbocycles. The second-order valence-electron chi connectivity index (χ2n) is 8.39. The van der Waals surface area contributed by atoms with Crippen LogP contribution >= 0.6 is 0 Å². The van der Waals surface area contributed by atoms with E-state index in [1.54, 1.807) is 12.1 Å². The summed E-state index contributed by atoms with van der Waals surface area (Å²) in [6.07, 6.45) is 3.50. The van der Waals surface area contributed by atoms with Crippen molar-refractivity contribution in [3.63, 3.8) is 0 Å². The maximum Gasteiger partial charge on any atom is 5.00 e. The van der Waals surface area contributed by atoms with Crippen LogP contribution in [0.4, 0.5) is 4.39 Å². The van der Waals surface area contributed by atoms with Gasteiger partial charge in [0.25, 0.3) is 0 Å². The second kappa shape index (κ2) is 16.0. The van der Waals surface area contributed by atoms with Crippen molar-refractivity contribution >= 4 is 42.7 Å². The number of hydrogen-bond acceptors (Lipinski definition) is 8. The van der Waals surface area contributed by atoms with E-state index in [0.717, 1.165) is 49.9 Å². The van der Waals surface area contributed by atoms with E-state index >= 15 is 0 Å². The molecular weight excluding hydrogens is 575 g/mol. The molecule has 7 nitrogen and oxygen atoms in total. The van der Waals surface area contributed by atoms with Crippen LogP contribution in [0.3, 0.4) is 0 Å². The Morgan fingerprint density at radius 1 is 1.23 bits per heavy atom. The van der Waals surface area contributed by atoms with Gasteiger partial charge in [-0.25, -0.2) is 9.18 Å². The zero-order valence-electron chi connectivity index (χ0n) is 19.8. The number of benzene rings is 1. The number of ether oxygens (including phenoxy) is 1. The Kier molecular flexibility index (Phi) is 14.7. The van der Waals surface area contributed by atoms with Crippen molar-refractivity contribution < 1.29 is 44.6 Å². The quantitative estimate of drug-likeness (QED) is 0.154. The molecule has 2 aliphatic heterocycles. The second-order valence-corrected chi connectivity index (χ2v) is 9.21. The molecule has 3 rings (SSSR count). The van der Waals surface area contributed by atoms with Crippen LogP contribution in [0.2, 0.25) is 0 Å². The van der Waals surface area contributed by atoms with Crippen molar-refractivity contribution in [2.45, 2.75) is 37.8 Å². The van der Waals surface area contributed by atoms with Crippen LogP contribution in [-0.2, 0) is 60.4 Å². The van der Waals surface area contributed by atoms with Crippen molar-refractivity contribution in [2.75, 3.05) is 51.3 Å². The minimum atomic E-state index is -0.314. The van der Waals surface area contributed by atoms with E-state index in [1.807, 2.05) is 0 Å². The van der Waals surface area contributed by atoms with E-state index in [4.69, 9.17) is 30.0 Å². The Bertz CT molecular complexity index is 873. The first-order chi connectivity index (χ1) is 16.0. The van der Waals surface area contributed by atoms with Gasteiger partial charge in [-0.15, -0.1) is 0 Å². The fourth-order valence-corrected chi connectivity index (χ4v) is 5.28. The molecule has 0 amide bonds. The van der Waals surface area contributed by atoms with Crippen LogP contribution in [0.25, 0.3) is 5.57 Å². The van der Waals surface area contributed by atoms with E-state index in [2.05, 4.69) is 14.8 Å². The summed E-state index contributed by atoms with van der Waals surface area (Å²) in [6.45, 7) is 2.87. The summed E-state index contributed by atoms with van der Waals surface area (Å²) >= 11 is 9.98. The number of hydrogen-bond donors (Lipinski definition) is 0. The normalized spacial score (nSPS) is 20.0. The van der Waals surface area contributed by atoms with Gasteiger partial charge in [0.05, 0.1) is 12.7 Å². The van der Waals surface area contributed by atoms with Gasteiger partial charge in [0.2, 0.25) is 0 Å². The largest absolute Gasteiger partial charge is 5.00 e. The molecule has 1 aromatic carbocycles. The van der Waals surface area contributed by atoms with Crippen molar-refractivity contribution in [3.8, 4) is 0 Å². The number of carbonyl (C=O) groups excluding carboxylic acids is 1. The van der Waals surface area contributed by atoms with Crippen LogP contribution in [0.1, 0.15) is 31.2 Å². The van der Waals surface area contributed by atoms with E-state index in [1.165, 1.54) is 19.2 Å². The molecule has 192 valence electrons. The Morgan fingerprint density at radius 2 is 1.94 bits per heavy atom. The van der Waals surface area contributed by atoms with E-state index in [9.17, 15) is 14.3 Å². The summed E-state index contributed by atoms with van der Waals surface area (Å²) in [5, 5.41) is 12.0. The molecular formula is C24H31FN3O4S2Tc. The predicted molar refractivity (Wildman–Crippen MR) is 132 cm³/mol. The van der Waals surface area contributed by atoms with Crippen LogP contribution in [0, 0.1) is 5.82 Å². The van der Waals surface area contributed by atoms with Crippen molar-refractivity contribution in [3.05, 3.63) is 41.2 Å². The molecule has 2 atom stereocenters. The Labute approximate surface area is 231 Å². The van der Waals surface area contributed by atoms with E-state index in [-0.39, 0.29) is 55.9 Å². The van der Waals surface area contributed by atoms with Gasteiger partial charge < -0.3 is 50.5 Å². The summed E-state index contributed by atoms with van der Waals surface area (Å²) in [5.41, 5.74) is 2.54. The van der Waals surface area contributed by atoms with Gasteiger partial charge in [-0.2, -0.15) is 11.5 Å². The van der Waals surface area contributed by atoms with Crippen LogP contribution in [0.15, 0.2) is 34.8 Å². The minimum Gasteiger partial charge on any atom is -2.00 e. The molecule has 1 aromatic rings. The zero-order valence-corrected chi connectivity index (χ0v) is 23.3. The average Bonchev–Trinajstić information content (AvgIpc) is 3.08. The molecule has 0 saturated carbocycles. The van der Waals surface area contributed by atoms with Crippen molar-refractivity contribution in [2.24, 2.45) is 4.99 Å². The third kappa shape index (κ3) is 8.55. The molecule has 11 heteroatoms. The maximum absolute atomic E-state index is 13.4. The monoisotopic (exact) mass is 605 g/mol. The first-order valence-corrected chi connectivity index (χ1v) is 12.6. The molecule has 0 aromatic heterocycles. The number of carbonyl (C=O) groups is 1. The molecule has 0 radical (unpaired) electrons. The van der Waals surface area contributed by atoms with Crippen LogP contribution in [-0.4, -0.2) is 85.1 Å². The Morgan fingerprint density at radius 3 is 2.57 bits per heavy atom. The summed E-state index contributed by atoms with van der Waals surface area (Å²) in [5.74, 6) is 0.242. The number of methoxy groups -OCH3 is 1. The van der Waals surface area contributed by atoms with Gasteiger partial charge in [-0.05, 0) is 67.9 Å². The first kappa shape index (κ1) is 32.1. The molecule has 1 fully saturated rings. The molecule has 1 saturated heterocycles. The van der Waals surface area contributed by atoms with Gasteiger partial charge in [0.15, 0.2) is 0 Å². The number of aliphatic imine (C=N–C) groups is 1. The number of nitrogens with zero attached hydrogens (tertiary/aromatic N) is 3. The van der Waals surface area contributed by atoms with Crippen LogP contribution in [0.5, 0.6) is 0 Å². The summed E-state index contributed by atoms with van der Waals surface area (Å²) in [7, 11) is 1.41. The molecule has 0 spiro atoms. The van der Waals surface area contributed by atoms with E-state index < -0.39 is 0 Å². The summed E-state index contributed by atoms with van der Waals surface area (Å²) in [6, 6.07) is 6.67. The van der Waals surface area contributed by atoms with Gasteiger partial charge >= 0.3 is 26.1 Å². The number of fused-ring (bicyclic) bond motifs is 2. The minimum absolute atomic E-state index is 0. The molecule has 2 unspecified atom stereocenters. The molecule has 2 heterocycles. The Balaban J connectivity index is 0.00000306. The molecule has 35 heavy (non-hydrogen) atoms. The van der Waals surface area contributed by atoms with Crippen molar-refractivity contribution in [1.29, 1.82) is 0 Å². The molecule has 2 aliphatic rings. The molecule has 2 bridgehead atoms. The third-order valence-corrected chi connectivity index (χ3v) is 6.74. The third-order valence-electron chi connectivity index (χ3n) is 6.38. The van der Waals surface area contributed by atoms with Gasteiger partial charge in [0.1, 0.15) is 5.82 Å². The number of esters is 1. The predicted octanol–water partition coefficient (Wildman–Crippen LogP) is 1.41. The summed E-state index contributed by atoms with van der Waals surface area (Å²) in [4.78, 5) is 21.2. The maximum atomic E-state index is 13.4. The standard InChI is InChI=1S/C24H34FN3O3S2.O.Tc/c1-31-24(30)23-20(17-3-5-18(25)6-4-17)15-19-7-8-21(23)28(19)11-2-10-27(12-14-33)16-22(29)26-9-13-32;;/h3-6,19,21,32-33H,2,7-16H2,1H3,(H,26,29);;/q;-2;+5/p-3. The van der Waals surface area contributed by atoms with Gasteiger partial charge in [-0.3, -0.25) is 4.90 Å². The topological polar surface area (TPSA) is 96.7 Å². The Hall–Kier alpha value is -0.941. The fourth-order valence-electron chi connectivity index (χ4n) is 4.93. The first-order valence-electron chi connectivity index (χ1n) is 11.4. The van der Waals surface area contributed by atoms with E-state index in [0.29, 0.717) is 36.2 Å². The van der Waals surface area contributed by atoms with Crippen molar-refractivity contribution in [1.82, 2.24) is 9.80 Å². The molecule has 0 N–H and O–H groups in total. The van der Waals surface area contributed by atoms with Gasteiger partial charge in [0, 0.05) is 31.7 Å². The smallest absolute Gasteiger partial charge is 2.00 e. The zero-order chi connectivity index (χ0) is 23.8. The number of rotatable bonds is 12. The average molecular weight is 607 g/mol. The fraction of sp³-hybridized carbons (Fsp3) is 0.583. The summed E-state index contributed by atoms with van der Waals surface area (Å²) < 4.78 is 18.6. The SMILES string of the molecule is COC(=O)C1=C(c2ccc(F)cc2)CC2CCC1N2CCCN(CC[S-])CC([O-])=NCC[S-].[O-2].[Tc+5]. The van der Waals surface area contributed by atoms with Gasteiger partial charge in [-0.1, -0.05) is 12.1 Å². The van der Waals surface area contributed by atoms with Crippen LogP contribution < -0.4 is 5.11 Å².